The summed E-state index contributed by atoms with van der Waals surface area (Å²) in [6.45, 7) is 6.40. The first-order valence-corrected chi connectivity index (χ1v) is 7.59. The molecule has 0 N–H and O–H groups in total. The monoisotopic (exact) mass is 345 g/mol. The molecule has 19 heavy (non-hydrogen) atoms. The van der Waals surface area contributed by atoms with Crippen molar-refractivity contribution in [2.45, 2.75) is 26.3 Å². The lowest BCUT2D eigenvalue weighted by Crippen LogP contribution is -2.11. The van der Waals surface area contributed by atoms with Gasteiger partial charge in [0.2, 0.25) is 0 Å². The molecule has 0 bridgehead atoms. The Balaban J connectivity index is 2.16. The summed E-state index contributed by atoms with van der Waals surface area (Å²) >= 11 is 9.34. The number of alkyl halides is 1. The summed E-state index contributed by atoms with van der Waals surface area (Å²) in [5.74, 6) is 1.74. The van der Waals surface area contributed by atoms with Gasteiger partial charge in [-0.1, -0.05) is 13.8 Å². The van der Waals surface area contributed by atoms with Crippen LogP contribution in [0.5, 0.6) is 0 Å². The van der Waals surface area contributed by atoms with Crippen molar-refractivity contribution < 1.29 is 4.74 Å². The molecule has 0 amide bonds. The molecule has 104 valence electrons. The third kappa shape index (κ3) is 3.68. The number of halogens is 2. The lowest BCUT2D eigenvalue weighted by molar-refractivity contribution is 0.103. The van der Waals surface area contributed by atoms with Crippen LogP contribution in [0.1, 0.15) is 19.7 Å². The molecule has 0 radical (unpaired) electrons. The third-order valence-electron chi connectivity index (χ3n) is 2.66. The van der Waals surface area contributed by atoms with Crippen LogP contribution in [0, 0.1) is 5.92 Å². The molecule has 2 heterocycles. The lowest BCUT2D eigenvalue weighted by Gasteiger charge is -2.09. The van der Waals surface area contributed by atoms with Crippen LogP contribution >= 0.6 is 27.5 Å². The Labute approximate surface area is 126 Å². The Morgan fingerprint density at radius 2 is 2.26 bits per heavy atom. The van der Waals surface area contributed by atoms with Crippen LogP contribution in [0.2, 0.25) is 0 Å². The van der Waals surface area contributed by atoms with Gasteiger partial charge in [0.1, 0.15) is 11.3 Å². The molecule has 0 atom stereocenters. The van der Waals surface area contributed by atoms with Crippen LogP contribution in [-0.4, -0.2) is 27.7 Å². The van der Waals surface area contributed by atoms with E-state index in [1.54, 1.807) is 6.20 Å². The van der Waals surface area contributed by atoms with Crippen LogP contribution in [0.15, 0.2) is 16.7 Å². The smallest absolute Gasteiger partial charge is 0.160 e. The number of ether oxygens (including phenoxy) is 1. The molecule has 0 unspecified atom stereocenters. The average Bonchev–Trinajstić information content (AvgIpc) is 2.71. The van der Waals surface area contributed by atoms with E-state index in [0.29, 0.717) is 18.4 Å². The molecule has 0 saturated carbocycles. The fourth-order valence-electron chi connectivity index (χ4n) is 1.85. The maximum atomic E-state index is 5.94. The Bertz CT molecular complexity index is 556. The molecule has 4 nitrogen and oxygen atoms in total. The van der Waals surface area contributed by atoms with E-state index in [9.17, 15) is 0 Å². The molecule has 0 spiro atoms. The maximum Gasteiger partial charge on any atom is 0.160 e. The zero-order chi connectivity index (χ0) is 13.8. The van der Waals surface area contributed by atoms with E-state index in [4.69, 9.17) is 16.3 Å². The maximum absolute atomic E-state index is 5.94. The normalized spacial score (nSPS) is 11.6. The highest BCUT2D eigenvalue weighted by Gasteiger charge is 2.11. The van der Waals surface area contributed by atoms with Crippen LogP contribution in [0.4, 0.5) is 0 Å². The molecule has 0 aliphatic carbocycles. The Hall–Kier alpha value is -0.650. The summed E-state index contributed by atoms with van der Waals surface area (Å²) in [4.78, 5) is 8.89. The number of nitrogens with zero attached hydrogens (tertiary/aromatic N) is 3. The van der Waals surface area contributed by atoms with Crippen molar-refractivity contribution >= 4 is 38.7 Å². The third-order valence-corrected chi connectivity index (χ3v) is 3.33. The summed E-state index contributed by atoms with van der Waals surface area (Å²) in [7, 11) is 0. The zero-order valence-corrected chi connectivity index (χ0v) is 13.4. The van der Waals surface area contributed by atoms with Gasteiger partial charge in [0, 0.05) is 23.8 Å². The van der Waals surface area contributed by atoms with Gasteiger partial charge in [-0.25, -0.2) is 9.97 Å². The standard InChI is InChI=1S/C13H17BrClN3O/c1-9(2)8-19-4-3-18-12(6-15)17-11-5-10(14)7-16-13(11)18/h5,7,9H,3-4,6,8H2,1-2H3. The molecule has 0 saturated heterocycles. The van der Waals surface area contributed by atoms with Gasteiger partial charge < -0.3 is 9.30 Å². The topological polar surface area (TPSA) is 39.9 Å². The molecule has 0 fully saturated rings. The van der Waals surface area contributed by atoms with E-state index in [-0.39, 0.29) is 0 Å². The summed E-state index contributed by atoms with van der Waals surface area (Å²) in [5.41, 5.74) is 1.71. The van der Waals surface area contributed by atoms with E-state index in [1.165, 1.54) is 0 Å². The molecule has 0 aromatic carbocycles. The number of rotatable bonds is 6. The van der Waals surface area contributed by atoms with Gasteiger partial charge in [-0.15, -0.1) is 11.6 Å². The molecular weight excluding hydrogens is 330 g/mol. The summed E-state index contributed by atoms with van der Waals surface area (Å²) < 4.78 is 8.55. The highest BCUT2D eigenvalue weighted by atomic mass is 79.9. The van der Waals surface area contributed by atoms with E-state index in [2.05, 4.69) is 39.7 Å². The highest BCUT2D eigenvalue weighted by molar-refractivity contribution is 9.10. The quantitative estimate of drug-likeness (QED) is 0.592. The van der Waals surface area contributed by atoms with Crippen molar-refractivity contribution in [1.82, 2.24) is 14.5 Å². The molecule has 0 aliphatic heterocycles. The Morgan fingerprint density at radius 1 is 1.47 bits per heavy atom. The molecule has 0 aliphatic rings. The minimum absolute atomic E-state index is 0.373. The summed E-state index contributed by atoms with van der Waals surface area (Å²) in [6.07, 6.45) is 1.77. The van der Waals surface area contributed by atoms with Crippen LogP contribution < -0.4 is 0 Å². The molecule has 2 rings (SSSR count). The van der Waals surface area contributed by atoms with Crippen LogP contribution in [-0.2, 0) is 17.2 Å². The van der Waals surface area contributed by atoms with Gasteiger partial charge in [-0.3, -0.25) is 0 Å². The van der Waals surface area contributed by atoms with E-state index in [1.807, 2.05) is 10.6 Å². The second-order valence-electron chi connectivity index (χ2n) is 4.78. The van der Waals surface area contributed by atoms with E-state index >= 15 is 0 Å². The first-order chi connectivity index (χ1) is 9.11. The summed E-state index contributed by atoms with van der Waals surface area (Å²) in [6, 6.07) is 1.95. The molecular formula is C13H17BrClN3O. The van der Waals surface area contributed by atoms with Crippen molar-refractivity contribution in [3.8, 4) is 0 Å². The van der Waals surface area contributed by atoms with Gasteiger partial charge in [-0.05, 0) is 27.9 Å². The van der Waals surface area contributed by atoms with Crippen LogP contribution in [0.25, 0.3) is 11.2 Å². The Kier molecular flexibility index (Phi) is 5.19. The fourth-order valence-corrected chi connectivity index (χ4v) is 2.37. The average molecular weight is 347 g/mol. The van der Waals surface area contributed by atoms with E-state index < -0.39 is 0 Å². The van der Waals surface area contributed by atoms with Gasteiger partial charge >= 0.3 is 0 Å². The highest BCUT2D eigenvalue weighted by Crippen LogP contribution is 2.19. The number of imidazole rings is 1. The molecule has 6 heteroatoms. The number of fused-ring (bicyclic) bond motifs is 1. The molecule has 2 aromatic heterocycles. The fraction of sp³-hybridized carbons (Fsp3) is 0.538. The second kappa shape index (κ2) is 6.68. The number of pyridine rings is 1. The van der Waals surface area contributed by atoms with Crippen molar-refractivity contribution in [3.63, 3.8) is 0 Å². The second-order valence-corrected chi connectivity index (χ2v) is 5.96. The van der Waals surface area contributed by atoms with Crippen molar-refractivity contribution in [2.24, 2.45) is 5.92 Å². The van der Waals surface area contributed by atoms with Crippen LogP contribution in [0.3, 0.4) is 0 Å². The van der Waals surface area contributed by atoms with Gasteiger partial charge in [0.15, 0.2) is 5.65 Å². The van der Waals surface area contributed by atoms with Crippen molar-refractivity contribution in [1.29, 1.82) is 0 Å². The lowest BCUT2D eigenvalue weighted by atomic mass is 10.2. The predicted molar refractivity (Wildman–Crippen MR) is 80.4 cm³/mol. The summed E-state index contributed by atoms with van der Waals surface area (Å²) in [5, 5.41) is 0. The largest absolute Gasteiger partial charge is 0.379 e. The SMILES string of the molecule is CC(C)COCCn1c(CCl)nc2cc(Br)cnc21. The first-order valence-electron chi connectivity index (χ1n) is 6.26. The number of hydrogen-bond acceptors (Lipinski definition) is 3. The predicted octanol–water partition coefficient (Wildman–Crippen LogP) is 3.61. The van der Waals surface area contributed by atoms with Crippen molar-refractivity contribution in [3.05, 3.63) is 22.6 Å². The number of hydrogen-bond donors (Lipinski definition) is 0. The molecule has 2 aromatic rings. The van der Waals surface area contributed by atoms with Gasteiger partial charge in [0.25, 0.3) is 0 Å². The van der Waals surface area contributed by atoms with Gasteiger partial charge in [-0.2, -0.15) is 0 Å². The van der Waals surface area contributed by atoms with E-state index in [0.717, 1.165) is 34.6 Å². The van der Waals surface area contributed by atoms with Crippen molar-refractivity contribution in [2.75, 3.05) is 13.2 Å². The minimum atomic E-state index is 0.373. The van der Waals surface area contributed by atoms with Gasteiger partial charge in [0.05, 0.1) is 12.5 Å². The minimum Gasteiger partial charge on any atom is -0.379 e. The first kappa shape index (κ1) is 14.8. The zero-order valence-electron chi connectivity index (χ0n) is 11.1. The Morgan fingerprint density at radius 3 is 2.95 bits per heavy atom. The number of aromatic nitrogens is 3.